The lowest BCUT2D eigenvalue weighted by Crippen LogP contribution is -2.06. The van der Waals surface area contributed by atoms with Crippen LogP contribution < -0.4 is 4.74 Å². The Morgan fingerprint density at radius 3 is 2.34 bits per heavy atom. The van der Waals surface area contributed by atoms with Gasteiger partial charge in [0.15, 0.2) is 5.69 Å². The van der Waals surface area contributed by atoms with Gasteiger partial charge in [-0.15, -0.1) is 0 Å². The number of aromatic nitrogens is 3. The second kappa shape index (κ2) is 8.71. The van der Waals surface area contributed by atoms with Gasteiger partial charge in [-0.1, -0.05) is 13.3 Å². The van der Waals surface area contributed by atoms with Gasteiger partial charge in [-0.05, 0) is 30.7 Å². The summed E-state index contributed by atoms with van der Waals surface area (Å²) in [5.41, 5.74) is -2.53. The van der Waals surface area contributed by atoms with E-state index in [0.29, 0.717) is 12.6 Å². The fraction of sp³-hybridized carbons (Fsp3) is 0.333. The molecule has 0 aliphatic carbocycles. The quantitative estimate of drug-likeness (QED) is 0.359. The van der Waals surface area contributed by atoms with E-state index in [4.69, 9.17) is 4.74 Å². The summed E-state index contributed by atoms with van der Waals surface area (Å²) in [4.78, 5) is 3.61. The predicted octanol–water partition coefficient (Wildman–Crippen LogP) is 6.07. The number of nitrogens with zero attached hydrogens (tertiary/aromatic N) is 3. The van der Waals surface area contributed by atoms with Gasteiger partial charge in [0.1, 0.15) is 11.5 Å². The van der Waals surface area contributed by atoms with Gasteiger partial charge in [-0.2, -0.15) is 31.4 Å². The number of hydrogen-bond donors (Lipinski definition) is 1. The summed E-state index contributed by atoms with van der Waals surface area (Å²) >= 11 is 0. The van der Waals surface area contributed by atoms with Crippen LogP contribution in [-0.4, -0.2) is 26.5 Å². The molecule has 0 saturated heterocycles. The first kappa shape index (κ1) is 23.4. The normalized spacial score (nSPS) is 12.2. The Kier molecular flexibility index (Phi) is 6.38. The van der Waals surface area contributed by atoms with Crippen molar-refractivity contribution in [2.75, 3.05) is 6.61 Å². The van der Waals surface area contributed by atoms with Gasteiger partial charge in [0.2, 0.25) is 0 Å². The number of aryl methyl sites for hydroxylation is 1. The number of hydrogen-bond acceptors (Lipinski definition) is 4. The van der Waals surface area contributed by atoms with Crippen LogP contribution in [0, 0.1) is 0 Å². The minimum atomic E-state index is -4.71. The average Bonchev–Trinajstić information content (AvgIpc) is 3.10. The maximum atomic E-state index is 13.2. The molecular weight excluding hydrogens is 440 g/mol. The first-order valence-electron chi connectivity index (χ1n) is 9.56. The van der Waals surface area contributed by atoms with Crippen molar-refractivity contribution in [3.63, 3.8) is 0 Å². The number of rotatable bonds is 6. The van der Waals surface area contributed by atoms with Crippen molar-refractivity contribution < 1.29 is 36.2 Å². The molecule has 11 heteroatoms. The average molecular weight is 459 g/mol. The van der Waals surface area contributed by atoms with E-state index in [1.54, 1.807) is 0 Å². The lowest BCUT2D eigenvalue weighted by Gasteiger charge is -2.17. The minimum Gasteiger partial charge on any atom is -0.506 e. The van der Waals surface area contributed by atoms with Gasteiger partial charge in [-0.3, -0.25) is 9.67 Å². The molecule has 1 N–H and O–H groups in total. The van der Waals surface area contributed by atoms with E-state index in [2.05, 4.69) is 10.1 Å². The number of ether oxygens (including phenoxy) is 1. The third kappa shape index (κ3) is 4.81. The lowest BCUT2D eigenvalue weighted by molar-refractivity contribution is -0.141. The Morgan fingerprint density at radius 2 is 1.75 bits per heavy atom. The fourth-order valence-corrected chi connectivity index (χ4v) is 3.09. The van der Waals surface area contributed by atoms with Gasteiger partial charge >= 0.3 is 12.4 Å². The molecule has 3 rings (SSSR count). The van der Waals surface area contributed by atoms with Crippen molar-refractivity contribution in [1.29, 1.82) is 0 Å². The molecule has 0 radical (unpaired) electrons. The zero-order valence-electron chi connectivity index (χ0n) is 17.1. The van der Waals surface area contributed by atoms with E-state index in [1.165, 1.54) is 19.2 Å². The van der Waals surface area contributed by atoms with Crippen molar-refractivity contribution in [3.05, 3.63) is 47.9 Å². The maximum absolute atomic E-state index is 13.2. The summed E-state index contributed by atoms with van der Waals surface area (Å²) in [6, 6.07) is 4.27. The molecule has 0 unspecified atom stereocenters. The number of phenols is 1. The van der Waals surface area contributed by atoms with Crippen LogP contribution in [0.4, 0.5) is 26.3 Å². The molecule has 0 spiro atoms. The molecule has 0 aliphatic rings. The summed E-state index contributed by atoms with van der Waals surface area (Å²) in [6.45, 7) is 2.15. The van der Waals surface area contributed by atoms with E-state index in [0.717, 1.165) is 29.4 Å². The Hall–Kier alpha value is -3.24. The third-order valence-electron chi connectivity index (χ3n) is 4.70. The predicted molar refractivity (Wildman–Crippen MR) is 104 cm³/mol. The number of phenolic OH excluding ortho intramolecular Hbond substituents is 1. The molecule has 2 heterocycles. The first-order chi connectivity index (χ1) is 14.9. The highest BCUT2D eigenvalue weighted by Crippen LogP contribution is 2.45. The molecule has 0 fully saturated rings. The SMILES string of the molecule is CCCCOc1ccc(-c2cc(C(F)(F)F)nn2C)c(O)c1-c1cncc(C(F)(F)F)c1. The van der Waals surface area contributed by atoms with Crippen molar-refractivity contribution >= 4 is 0 Å². The zero-order valence-corrected chi connectivity index (χ0v) is 17.1. The Morgan fingerprint density at radius 1 is 1.03 bits per heavy atom. The molecule has 0 saturated carbocycles. The van der Waals surface area contributed by atoms with Crippen LogP contribution >= 0.6 is 0 Å². The van der Waals surface area contributed by atoms with Gasteiger partial charge < -0.3 is 9.84 Å². The van der Waals surface area contributed by atoms with Gasteiger partial charge in [-0.25, -0.2) is 0 Å². The smallest absolute Gasteiger partial charge is 0.435 e. The summed E-state index contributed by atoms with van der Waals surface area (Å²) in [6.07, 6.45) is -6.19. The highest BCUT2D eigenvalue weighted by molar-refractivity contribution is 5.85. The molecule has 5 nitrogen and oxygen atoms in total. The topological polar surface area (TPSA) is 60.2 Å². The van der Waals surface area contributed by atoms with Crippen LogP contribution in [0.3, 0.4) is 0 Å². The molecular formula is C21H19F6N3O2. The molecule has 172 valence electrons. The fourth-order valence-electron chi connectivity index (χ4n) is 3.09. The van der Waals surface area contributed by atoms with Crippen LogP contribution in [0.5, 0.6) is 11.5 Å². The van der Waals surface area contributed by atoms with Crippen LogP contribution in [0.1, 0.15) is 31.0 Å². The van der Waals surface area contributed by atoms with Crippen LogP contribution in [0.25, 0.3) is 22.4 Å². The molecule has 32 heavy (non-hydrogen) atoms. The van der Waals surface area contributed by atoms with Crippen LogP contribution in [0.15, 0.2) is 36.7 Å². The van der Waals surface area contributed by atoms with Crippen molar-refractivity contribution in [1.82, 2.24) is 14.8 Å². The Balaban J connectivity index is 2.20. The Bertz CT molecular complexity index is 1110. The number of aromatic hydroxyl groups is 1. The van der Waals surface area contributed by atoms with E-state index in [9.17, 15) is 31.4 Å². The highest BCUT2D eigenvalue weighted by atomic mass is 19.4. The van der Waals surface area contributed by atoms with Crippen molar-refractivity contribution in [2.24, 2.45) is 7.05 Å². The molecule has 0 bridgehead atoms. The number of halogens is 6. The first-order valence-corrected chi connectivity index (χ1v) is 9.56. The standard InChI is InChI=1S/C21H19F6N3O2/c1-3-4-7-32-16-6-5-14(15-9-17(21(25,26)27)29-30(15)2)19(31)18(16)12-8-13(11-28-10-12)20(22,23)24/h5-6,8-11,31H,3-4,7H2,1-2H3. The minimum absolute atomic E-state index is 0.0502. The van der Waals surface area contributed by atoms with Gasteiger partial charge in [0, 0.05) is 30.6 Å². The largest absolute Gasteiger partial charge is 0.506 e. The van der Waals surface area contributed by atoms with E-state index >= 15 is 0 Å². The second-order valence-electron chi connectivity index (χ2n) is 7.03. The Labute approximate surface area is 179 Å². The van der Waals surface area contributed by atoms with E-state index in [1.807, 2.05) is 6.92 Å². The van der Waals surface area contributed by atoms with Crippen LogP contribution in [0.2, 0.25) is 0 Å². The van der Waals surface area contributed by atoms with Gasteiger partial charge in [0.05, 0.1) is 23.4 Å². The molecule has 0 atom stereocenters. The molecule has 0 aliphatic heterocycles. The summed E-state index contributed by atoms with van der Waals surface area (Å²) in [7, 11) is 1.27. The molecule has 0 amide bonds. The highest BCUT2D eigenvalue weighted by Gasteiger charge is 2.35. The summed E-state index contributed by atoms with van der Waals surface area (Å²) in [5.74, 6) is -0.462. The molecule has 1 aromatic carbocycles. The number of unbranched alkanes of at least 4 members (excludes halogenated alkanes) is 1. The zero-order chi connectivity index (χ0) is 23.7. The van der Waals surface area contributed by atoms with E-state index in [-0.39, 0.29) is 34.7 Å². The summed E-state index contributed by atoms with van der Waals surface area (Å²) in [5, 5.41) is 14.4. The molecule has 3 aromatic rings. The molecule has 2 aromatic heterocycles. The number of alkyl halides is 6. The third-order valence-corrected chi connectivity index (χ3v) is 4.70. The van der Waals surface area contributed by atoms with Crippen molar-refractivity contribution in [3.8, 4) is 33.9 Å². The monoisotopic (exact) mass is 459 g/mol. The number of pyridine rings is 1. The summed E-state index contributed by atoms with van der Waals surface area (Å²) < 4.78 is 85.3. The van der Waals surface area contributed by atoms with Crippen LogP contribution in [-0.2, 0) is 19.4 Å². The number of benzene rings is 1. The lowest BCUT2D eigenvalue weighted by atomic mass is 9.98. The maximum Gasteiger partial charge on any atom is 0.435 e. The van der Waals surface area contributed by atoms with Gasteiger partial charge in [0.25, 0.3) is 0 Å². The van der Waals surface area contributed by atoms with Crippen molar-refractivity contribution in [2.45, 2.75) is 32.1 Å². The second-order valence-corrected chi connectivity index (χ2v) is 7.03. The van der Waals surface area contributed by atoms with E-state index < -0.39 is 29.4 Å².